The fourth-order valence-corrected chi connectivity index (χ4v) is 3.17. The maximum absolute atomic E-state index is 11.9. The van der Waals surface area contributed by atoms with E-state index in [9.17, 15) is 8.42 Å². The molecule has 0 spiro atoms. The predicted octanol–water partition coefficient (Wildman–Crippen LogP) is 1.09. The van der Waals surface area contributed by atoms with Gasteiger partial charge in [0.25, 0.3) is 0 Å². The molecule has 0 bridgehead atoms. The first-order valence-electron chi connectivity index (χ1n) is 7.15. The second kappa shape index (κ2) is 7.11. The summed E-state index contributed by atoms with van der Waals surface area (Å²) in [6, 6.07) is 5.55. The van der Waals surface area contributed by atoms with Gasteiger partial charge in [-0.1, -0.05) is 0 Å². The summed E-state index contributed by atoms with van der Waals surface area (Å²) < 4.78 is 31.7. The van der Waals surface area contributed by atoms with Crippen LogP contribution in [-0.4, -0.2) is 40.0 Å². The zero-order valence-corrected chi connectivity index (χ0v) is 13.1. The van der Waals surface area contributed by atoms with Crippen LogP contribution in [0.5, 0.6) is 0 Å². The third-order valence-corrected chi connectivity index (χ3v) is 4.87. The van der Waals surface area contributed by atoms with E-state index in [1.165, 1.54) is 0 Å². The molecule has 1 unspecified atom stereocenters. The number of anilines is 2. The van der Waals surface area contributed by atoms with E-state index in [0.29, 0.717) is 13.1 Å². The van der Waals surface area contributed by atoms with Gasteiger partial charge in [-0.2, -0.15) is 0 Å². The van der Waals surface area contributed by atoms with Crippen molar-refractivity contribution in [1.29, 1.82) is 0 Å². The molecule has 1 heterocycles. The summed E-state index contributed by atoms with van der Waals surface area (Å²) in [6.07, 6.45) is 1.95. The third kappa shape index (κ3) is 5.18. The SMILES string of the molecule is Cc1cc(NCCS(=O)(=O)NCC2CCCO2)ccc1N. The molecular weight excluding hydrogens is 290 g/mol. The summed E-state index contributed by atoms with van der Waals surface area (Å²) in [4.78, 5) is 0. The second-order valence-electron chi connectivity index (χ2n) is 5.30. The highest BCUT2D eigenvalue weighted by atomic mass is 32.2. The van der Waals surface area contributed by atoms with E-state index >= 15 is 0 Å². The fourth-order valence-electron chi connectivity index (χ4n) is 2.21. The van der Waals surface area contributed by atoms with E-state index in [0.717, 1.165) is 36.4 Å². The van der Waals surface area contributed by atoms with Crippen LogP contribution in [-0.2, 0) is 14.8 Å². The van der Waals surface area contributed by atoms with Crippen LogP contribution in [0.2, 0.25) is 0 Å². The highest BCUT2D eigenvalue weighted by molar-refractivity contribution is 7.89. The smallest absolute Gasteiger partial charge is 0.213 e. The van der Waals surface area contributed by atoms with Gasteiger partial charge >= 0.3 is 0 Å². The Kier molecular flexibility index (Phi) is 5.44. The Bertz CT molecular complexity index is 569. The van der Waals surface area contributed by atoms with Crippen molar-refractivity contribution < 1.29 is 13.2 Å². The lowest BCUT2D eigenvalue weighted by Gasteiger charge is -2.12. The number of sulfonamides is 1. The van der Waals surface area contributed by atoms with Crippen LogP contribution in [0.25, 0.3) is 0 Å². The zero-order chi connectivity index (χ0) is 15.3. The van der Waals surface area contributed by atoms with Crippen LogP contribution in [0, 0.1) is 6.92 Å². The lowest BCUT2D eigenvalue weighted by Crippen LogP contribution is -2.35. The number of nitrogens with two attached hydrogens (primary N) is 1. The van der Waals surface area contributed by atoms with Crippen molar-refractivity contribution in [3.8, 4) is 0 Å². The van der Waals surface area contributed by atoms with Crippen molar-refractivity contribution in [3.63, 3.8) is 0 Å². The van der Waals surface area contributed by atoms with Crippen molar-refractivity contribution in [3.05, 3.63) is 23.8 Å². The number of rotatable bonds is 7. The minimum Gasteiger partial charge on any atom is -0.399 e. The van der Waals surface area contributed by atoms with Gasteiger partial charge in [0, 0.05) is 31.1 Å². The van der Waals surface area contributed by atoms with Gasteiger partial charge in [-0.3, -0.25) is 0 Å². The Hall–Kier alpha value is -1.31. The topological polar surface area (TPSA) is 93.5 Å². The highest BCUT2D eigenvalue weighted by Gasteiger charge is 2.18. The average molecular weight is 313 g/mol. The Morgan fingerprint density at radius 1 is 1.43 bits per heavy atom. The van der Waals surface area contributed by atoms with Gasteiger partial charge in [-0.25, -0.2) is 13.1 Å². The summed E-state index contributed by atoms with van der Waals surface area (Å²) in [5.74, 6) is 0.0309. The molecule has 6 nitrogen and oxygen atoms in total. The van der Waals surface area contributed by atoms with Gasteiger partial charge in [-0.05, 0) is 43.5 Å². The van der Waals surface area contributed by atoms with Crippen molar-refractivity contribution in [2.24, 2.45) is 0 Å². The first-order valence-corrected chi connectivity index (χ1v) is 8.80. The Balaban J connectivity index is 1.74. The summed E-state index contributed by atoms with van der Waals surface area (Å²) in [5, 5.41) is 3.09. The van der Waals surface area contributed by atoms with Crippen LogP contribution in [0.3, 0.4) is 0 Å². The highest BCUT2D eigenvalue weighted by Crippen LogP contribution is 2.16. The molecule has 118 valence electrons. The number of nitrogen functional groups attached to an aromatic ring is 1. The molecule has 21 heavy (non-hydrogen) atoms. The monoisotopic (exact) mass is 313 g/mol. The van der Waals surface area contributed by atoms with Crippen molar-refractivity contribution >= 4 is 21.4 Å². The number of ether oxygens (including phenoxy) is 1. The normalized spacial score (nSPS) is 18.8. The fraction of sp³-hybridized carbons (Fsp3) is 0.571. The van der Waals surface area contributed by atoms with Crippen LogP contribution in [0.15, 0.2) is 18.2 Å². The third-order valence-electron chi connectivity index (χ3n) is 3.52. The number of nitrogens with one attached hydrogen (secondary N) is 2. The quantitative estimate of drug-likeness (QED) is 0.655. The molecular formula is C14H23N3O3S. The number of hydrogen-bond donors (Lipinski definition) is 3. The molecule has 1 aliphatic heterocycles. The molecule has 7 heteroatoms. The molecule has 1 fully saturated rings. The standard InChI is InChI=1S/C14H23N3O3S/c1-11-9-12(4-5-14(11)15)16-6-8-21(18,19)17-10-13-3-2-7-20-13/h4-5,9,13,16-17H,2-3,6-8,10,15H2,1H3. The molecule has 0 aromatic heterocycles. The maximum Gasteiger partial charge on any atom is 0.213 e. The van der Waals surface area contributed by atoms with E-state index < -0.39 is 10.0 Å². The Morgan fingerprint density at radius 3 is 2.90 bits per heavy atom. The maximum atomic E-state index is 11.9. The van der Waals surface area contributed by atoms with Gasteiger partial charge in [0.05, 0.1) is 11.9 Å². The van der Waals surface area contributed by atoms with Crippen LogP contribution >= 0.6 is 0 Å². The van der Waals surface area contributed by atoms with Crippen molar-refractivity contribution in [2.75, 3.05) is 36.5 Å². The van der Waals surface area contributed by atoms with E-state index in [-0.39, 0.29) is 11.9 Å². The average Bonchev–Trinajstić information content (AvgIpc) is 2.94. The Labute approximate surface area is 126 Å². The van der Waals surface area contributed by atoms with Gasteiger partial charge in [0.15, 0.2) is 0 Å². The summed E-state index contributed by atoms with van der Waals surface area (Å²) in [5.41, 5.74) is 8.31. The summed E-state index contributed by atoms with van der Waals surface area (Å²) in [6.45, 7) is 3.36. The molecule has 1 aromatic carbocycles. The molecule has 0 aliphatic carbocycles. The van der Waals surface area contributed by atoms with Crippen LogP contribution in [0.1, 0.15) is 18.4 Å². The molecule has 0 amide bonds. The minimum absolute atomic E-state index is 0.0208. The van der Waals surface area contributed by atoms with E-state index in [1.807, 2.05) is 25.1 Å². The van der Waals surface area contributed by atoms with Crippen molar-refractivity contribution in [1.82, 2.24) is 4.72 Å². The summed E-state index contributed by atoms with van der Waals surface area (Å²) in [7, 11) is -3.27. The van der Waals surface area contributed by atoms with Gasteiger partial charge in [-0.15, -0.1) is 0 Å². The molecule has 0 saturated carbocycles. The molecule has 2 rings (SSSR count). The largest absolute Gasteiger partial charge is 0.399 e. The second-order valence-corrected chi connectivity index (χ2v) is 7.23. The van der Waals surface area contributed by atoms with E-state index in [4.69, 9.17) is 10.5 Å². The van der Waals surface area contributed by atoms with Crippen molar-refractivity contribution in [2.45, 2.75) is 25.9 Å². The van der Waals surface area contributed by atoms with Gasteiger partial charge < -0.3 is 15.8 Å². The molecule has 1 aliphatic rings. The minimum atomic E-state index is -3.27. The predicted molar refractivity (Wildman–Crippen MR) is 84.8 cm³/mol. The van der Waals surface area contributed by atoms with Crippen LogP contribution in [0.4, 0.5) is 11.4 Å². The zero-order valence-electron chi connectivity index (χ0n) is 12.3. The van der Waals surface area contributed by atoms with E-state index in [1.54, 1.807) is 0 Å². The lowest BCUT2D eigenvalue weighted by molar-refractivity contribution is 0.114. The number of aryl methyl sites for hydroxylation is 1. The molecule has 1 atom stereocenters. The number of hydrogen-bond acceptors (Lipinski definition) is 5. The van der Waals surface area contributed by atoms with E-state index in [2.05, 4.69) is 10.0 Å². The van der Waals surface area contributed by atoms with Gasteiger partial charge in [0.2, 0.25) is 10.0 Å². The summed E-state index contributed by atoms with van der Waals surface area (Å²) >= 11 is 0. The Morgan fingerprint density at radius 2 is 2.24 bits per heavy atom. The lowest BCUT2D eigenvalue weighted by atomic mass is 10.2. The number of benzene rings is 1. The van der Waals surface area contributed by atoms with Gasteiger partial charge in [0.1, 0.15) is 0 Å². The molecule has 1 saturated heterocycles. The molecule has 1 aromatic rings. The molecule has 4 N–H and O–H groups in total. The molecule has 0 radical (unpaired) electrons. The van der Waals surface area contributed by atoms with Crippen LogP contribution < -0.4 is 15.8 Å². The first kappa shape index (κ1) is 16.1. The first-order chi connectivity index (χ1) is 9.96.